The highest BCUT2D eigenvalue weighted by molar-refractivity contribution is 6.24. The molecule has 1 aromatic rings. The van der Waals surface area contributed by atoms with Gasteiger partial charge in [0.15, 0.2) is 11.4 Å². The van der Waals surface area contributed by atoms with Crippen molar-refractivity contribution in [3.05, 3.63) is 40.2 Å². The number of Topliss-reactive ketones (excluding diaryl/α,β-unsaturated/α-hetero) is 2. The van der Waals surface area contributed by atoms with Crippen molar-refractivity contribution in [1.29, 1.82) is 0 Å². The maximum atomic E-state index is 13.8. The Kier molecular flexibility index (Phi) is 7.68. The van der Waals surface area contributed by atoms with Gasteiger partial charge < -0.3 is 36.4 Å². The van der Waals surface area contributed by atoms with E-state index in [1.54, 1.807) is 25.1 Å². The first kappa shape index (κ1) is 29.1. The van der Waals surface area contributed by atoms with Crippen LogP contribution >= 0.6 is 12.4 Å². The number of nitrogens with one attached hydrogen (secondary N) is 1. The van der Waals surface area contributed by atoms with E-state index in [2.05, 4.69) is 5.32 Å². The zero-order valence-corrected chi connectivity index (χ0v) is 22.1. The predicted octanol–water partition coefficient (Wildman–Crippen LogP) is -0.114. The molecule has 0 aromatic heterocycles. The number of benzene rings is 1. The lowest BCUT2D eigenvalue weighted by Gasteiger charge is -2.50. The topological polar surface area (TPSA) is 194 Å². The van der Waals surface area contributed by atoms with Crippen LogP contribution < -0.4 is 11.1 Å². The Morgan fingerprint density at radius 3 is 2.32 bits per heavy atom. The Morgan fingerprint density at radius 1 is 1.13 bits per heavy atom. The van der Waals surface area contributed by atoms with Gasteiger partial charge in [0, 0.05) is 11.5 Å². The number of nitrogens with zero attached hydrogens (tertiary/aromatic N) is 2. The molecule has 0 saturated heterocycles. The van der Waals surface area contributed by atoms with Crippen LogP contribution in [0.5, 0.6) is 5.75 Å². The fraction of sp³-hybridized carbons (Fsp3) is 0.440. The molecule has 0 bridgehead atoms. The molecule has 1 saturated carbocycles. The van der Waals surface area contributed by atoms with Crippen LogP contribution in [0, 0.1) is 11.8 Å². The van der Waals surface area contributed by atoms with Gasteiger partial charge in [-0.15, -0.1) is 12.4 Å². The van der Waals surface area contributed by atoms with Gasteiger partial charge in [0.25, 0.3) is 5.91 Å². The van der Waals surface area contributed by atoms with Crippen molar-refractivity contribution in [2.45, 2.75) is 24.5 Å². The summed E-state index contributed by atoms with van der Waals surface area (Å²) in [5.41, 5.74) is 1.93. The van der Waals surface area contributed by atoms with E-state index in [1.165, 1.54) is 25.1 Å². The molecule has 7 N–H and O–H groups in total. The molecule has 1 aromatic carbocycles. The van der Waals surface area contributed by atoms with E-state index in [9.17, 15) is 39.6 Å². The standard InChI is InChI=1S/C25H30N4O8.ClH/c1-28(2)9-14(30)27-13-6-5-10-7-11-8-12-18(29(3)4)21(33)17(24(26)36)23(35)25(12,37)22(34)16(11)20(32)15(10)19(13)31;/h5-6,11-12,18,31-32,35,37H,7-9H2,1-4H3,(H2,26,36)(H,27,30);1H/t11?,12?,18-,25?;/m0./s1. The number of aromatic hydroxyl groups is 1. The number of likely N-dealkylation sites (N-methyl/N-ethyl adjacent to an activating group) is 2. The number of nitrogens with two attached hydrogens (primary N) is 1. The van der Waals surface area contributed by atoms with Crippen molar-refractivity contribution in [1.82, 2.24) is 9.80 Å². The van der Waals surface area contributed by atoms with Gasteiger partial charge >= 0.3 is 0 Å². The molecule has 13 heteroatoms. The number of phenols is 1. The number of phenolic OH excluding ortho intramolecular Hbond substituents is 1. The molecular formula is C25H31ClN4O8. The maximum Gasteiger partial charge on any atom is 0.255 e. The van der Waals surface area contributed by atoms with E-state index in [0.717, 1.165) is 0 Å². The van der Waals surface area contributed by atoms with Gasteiger partial charge in [-0.3, -0.25) is 24.1 Å². The zero-order chi connectivity index (χ0) is 27.6. The van der Waals surface area contributed by atoms with Crippen LogP contribution in [0.3, 0.4) is 0 Å². The number of aliphatic hydroxyl groups excluding tert-OH is 2. The third-order valence-corrected chi connectivity index (χ3v) is 7.33. The van der Waals surface area contributed by atoms with Crippen LogP contribution in [0.1, 0.15) is 17.5 Å². The summed E-state index contributed by atoms with van der Waals surface area (Å²) in [6.45, 7) is 0.0398. The van der Waals surface area contributed by atoms with Gasteiger partial charge in [0.2, 0.25) is 11.7 Å². The number of halogens is 1. The van der Waals surface area contributed by atoms with E-state index in [-0.39, 0.29) is 48.6 Å². The summed E-state index contributed by atoms with van der Waals surface area (Å²) in [5, 5.41) is 47.1. The third kappa shape index (κ3) is 4.23. The molecule has 0 spiro atoms. The number of hydrogen-bond donors (Lipinski definition) is 6. The average molecular weight is 551 g/mol. The zero-order valence-electron chi connectivity index (χ0n) is 21.3. The number of aliphatic hydroxyl groups is 3. The van der Waals surface area contributed by atoms with Crippen molar-refractivity contribution in [3.63, 3.8) is 0 Å². The summed E-state index contributed by atoms with van der Waals surface area (Å²) < 4.78 is 0. The summed E-state index contributed by atoms with van der Waals surface area (Å²) in [7, 11) is 6.47. The molecule has 2 amide bonds. The van der Waals surface area contributed by atoms with Crippen LogP contribution in [0.2, 0.25) is 0 Å². The van der Waals surface area contributed by atoms with Crippen LogP contribution in [-0.4, -0.2) is 100.0 Å². The minimum absolute atomic E-state index is 0. The smallest absolute Gasteiger partial charge is 0.255 e. The van der Waals surface area contributed by atoms with Crippen molar-refractivity contribution >= 4 is 47.2 Å². The minimum Gasteiger partial charge on any atom is -0.508 e. The summed E-state index contributed by atoms with van der Waals surface area (Å²) in [6, 6.07) is 1.96. The number of anilines is 1. The highest BCUT2D eigenvalue weighted by Crippen LogP contribution is 2.53. The highest BCUT2D eigenvalue weighted by Gasteiger charge is 2.64. The largest absolute Gasteiger partial charge is 0.508 e. The van der Waals surface area contributed by atoms with Crippen molar-refractivity contribution in [2.24, 2.45) is 17.6 Å². The van der Waals surface area contributed by atoms with Gasteiger partial charge in [-0.25, -0.2) is 0 Å². The molecule has 0 radical (unpaired) electrons. The lowest BCUT2D eigenvalue weighted by atomic mass is 9.57. The average Bonchev–Trinajstić information content (AvgIpc) is 2.77. The molecule has 38 heavy (non-hydrogen) atoms. The van der Waals surface area contributed by atoms with E-state index in [1.807, 2.05) is 0 Å². The number of fused-ring (bicyclic) bond motifs is 3. The molecule has 1 fully saturated rings. The van der Waals surface area contributed by atoms with Gasteiger partial charge in [0.05, 0.1) is 23.8 Å². The molecule has 0 heterocycles. The highest BCUT2D eigenvalue weighted by atomic mass is 35.5. The lowest BCUT2D eigenvalue weighted by molar-refractivity contribution is -0.153. The van der Waals surface area contributed by atoms with Crippen LogP contribution in [0.4, 0.5) is 5.69 Å². The second-order valence-corrected chi connectivity index (χ2v) is 10.2. The van der Waals surface area contributed by atoms with Crippen LogP contribution in [0.15, 0.2) is 29.0 Å². The molecule has 4 rings (SSSR count). The second-order valence-electron chi connectivity index (χ2n) is 10.2. The summed E-state index contributed by atoms with van der Waals surface area (Å²) in [6.07, 6.45) is 0.182. The monoisotopic (exact) mass is 550 g/mol. The number of hydrogen-bond acceptors (Lipinski definition) is 10. The normalized spacial score (nSPS) is 26.6. The Labute approximate surface area is 224 Å². The van der Waals surface area contributed by atoms with Crippen molar-refractivity contribution < 1.29 is 39.6 Å². The number of primary amides is 1. The Hall–Kier alpha value is -3.45. The predicted molar refractivity (Wildman–Crippen MR) is 139 cm³/mol. The number of carbonyl (C=O) groups is 4. The van der Waals surface area contributed by atoms with E-state index in [0.29, 0.717) is 5.56 Å². The summed E-state index contributed by atoms with van der Waals surface area (Å²) >= 11 is 0. The number of amides is 2. The number of rotatable bonds is 5. The summed E-state index contributed by atoms with van der Waals surface area (Å²) in [5.74, 6) is -7.61. The SMILES string of the molecule is CN(C)CC(=O)Nc1ccc2c(c1O)C(O)=C1C(=O)C3(O)C(O)=C(C(N)=O)C(=O)[C@@H](N(C)C)C3CC1C2.Cl. The number of ketones is 2. The Balaban J connectivity index is 0.00000400. The van der Waals surface area contributed by atoms with E-state index >= 15 is 0 Å². The minimum atomic E-state index is -2.70. The third-order valence-electron chi connectivity index (χ3n) is 7.33. The van der Waals surface area contributed by atoms with Gasteiger partial charge in [-0.05, 0) is 58.6 Å². The van der Waals surface area contributed by atoms with Crippen molar-refractivity contribution in [2.75, 3.05) is 40.1 Å². The number of carbonyl (C=O) groups excluding carboxylic acids is 4. The molecule has 0 aliphatic heterocycles. The quantitative estimate of drug-likeness (QED) is 0.213. The van der Waals surface area contributed by atoms with Crippen LogP contribution in [-0.2, 0) is 25.6 Å². The summed E-state index contributed by atoms with van der Waals surface area (Å²) in [4.78, 5) is 54.2. The van der Waals surface area contributed by atoms with E-state index in [4.69, 9.17) is 5.73 Å². The maximum absolute atomic E-state index is 13.8. The first-order chi connectivity index (χ1) is 17.2. The molecular weight excluding hydrogens is 520 g/mol. The van der Waals surface area contributed by atoms with Gasteiger partial charge in [0.1, 0.15) is 22.8 Å². The van der Waals surface area contributed by atoms with Gasteiger partial charge in [-0.1, -0.05) is 6.07 Å². The first-order valence-corrected chi connectivity index (χ1v) is 11.7. The molecule has 3 unspecified atom stereocenters. The van der Waals surface area contributed by atoms with E-state index < -0.39 is 69.7 Å². The fourth-order valence-electron chi connectivity index (χ4n) is 5.80. The lowest BCUT2D eigenvalue weighted by Crippen LogP contribution is -2.65. The molecule has 206 valence electrons. The molecule has 3 aliphatic rings. The Bertz CT molecular complexity index is 1300. The Morgan fingerprint density at radius 2 is 1.76 bits per heavy atom. The second kappa shape index (κ2) is 10.0. The van der Waals surface area contributed by atoms with Gasteiger partial charge in [-0.2, -0.15) is 0 Å². The fourth-order valence-corrected chi connectivity index (χ4v) is 5.80. The molecule has 3 aliphatic carbocycles. The molecule has 4 atom stereocenters. The first-order valence-electron chi connectivity index (χ1n) is 11.7. The molecule has 12 nitrogen and oxygen atoms in total. The van der Waals surface area contributed by atoms with Crippen LogP contribution in [0.25, 0.3) is 5.76 Å². The van der Waals surface area contributed by atoms with Crippen molar-refractivity contribution in [3.8, 4) is 5.75 Å².